The highest BCUT2D eigenvalue weighted by Gasteiger charge is 2.15. The Bertz CT molecular complexity index is 1170. The average Bonchev–Trinajstić information content (AvgIpc) is 3.31. The summed E-state index contributed by atoms with van der Waals surface area (Å²) >= 11 is 14.9. The SMILES string of the molecule is Cc1nc(NC(=O)c2ccccc2)sc1-c1csc(Nc2ccc(Cl)c(Cl)c2)n1. The van der Waals surface area contributed by atoms with E-state index in [0.717, 1.165) is 27.1 Å². The summed E-state index contributed by atoms with van der Waals surface area (Å²) in [5, 5.41) is 10.3. The van der Waals surface area contributed by atoms with Gasteiger partial charge >= 0.3 is 0 Å². The fraction of sp³-hybridized carbons (Fsp3) is 0.0500. The second-order valence-corrected chi connectivity index (χ2v) is 8.72. The quantitative estimate of drug-likeness (QED) is 0.340. The number of rotatable bonds is 5. The van der Waals surface area contributed by atoms with Crippen molar-refractivity contribution in [2.45, 2.75) is 6.92 Å². The Morgan fingerprint density at radius 1 is 1.00 bits per heavy atom. The van der Waals surface area contributed by atoms with Crippen molar-refractivity contribution < 1.29 is 4.79 Å². The molecule has 0 aliphatic carbocycles. The number of anilines is 3. The van der Waals surface area contributed by atoms with Crippen LogP contribution in [0.5, 0.6) is 0 Å². The predicted molar refractivity (Wildman–Crippen MR) is 122 cm³/mol. The monoisotopic (exact) mass is 460 g/mol. The lowest BCUT2D eigenvalue weighted by Crippen LogP contribution is -2.11. The Kier molecular flexibility index (Phi) is 5.82. The lowest BCUT2D eigenvalue weighted by molar-refractivity contribution is 0.102. The number of benzene rings is 2. The summed E-state index contributed by atoms with van der Waals surface area (Å²) in [6.45, 7) is 1.90. The number of thiazole rings is 2. The van der Waals surface area contributed by atoms with Gasteiger partial charge in [0.2, 0.25) is 0 Å². The van der Waals surface area contributed by atoms with Gasteiger partial charge in [0, 0.05) is 16.6 Å². The molecule has 2 aromatic heterocycles. The molecule has 0 aliphatic rings. The van der Waals surface area contributed by atoms with Crippen molar-refractivity contribution in [3.05, 3.63) is 75.2 Å². The molecule has 29 heavy (non-hydrogen) atoms. The molecule has 5 nitrogen and oxygen atoms in total. The first-order valence-electron chi connectivity index (χ1n) is 8.51. The molecular weight excluding hydrogens is 447 g/mol. The van der Waals surface area contributed by atoms with Crippen molar-refractivity contribution in [2.75, 3.05) is 10.6 Å². The van der Waals surface area contributed by atoms with Crippen LogP contribution in [-0.2, 0) is 0 Å². The molecule has 0 saturated heterocycles. The molecule has 0 unspecified atom stereocenters. The van der Waals surface area contributed by atoms with Gasteiger partial charge in [0.1, 0.15) is 0 Å². The summed E-state index contributed by atoms with van der Waals surface area (Å²) in [4.78, 5) is 22.3. The minimum absolute atomic E-state index is 0.189. The molecule has 2 aromatic carbocycles. The lowest BCUT2D eigenvalue weighted by atomic mass is 10.2. The Morgan fingerprint density at radius 2 is 1.79 bits per heavy atom. The van der Waals surface area contributed by atoms with Gasteiger partial charge in [-0.25, -0.2) is 9.97 Å². The summed E-state index contributed by atoms with van der Waals surface area (Å²) in [5.41, 5.74) is 3.00. The van der Waals surface area contributed by atoms with Gasteiger partial charge in [-0.05, 0) is 37.3 Å². The average molecular weight is 461 g/mol. The van der Waals surface area contributed by atoms with Gasteiger partial charge in [0.15, 0.2) is 10.3 Å². The first-order valence-corrected chi connectivity index (χ1v) is 11.0. The smallest absolute Gasteiger partial charge is 0.257 e. The lowest BCUT2D eigenvalue weighted by Gasteiger charge is -2.03. The van der Waals surface area contributed by atoms with Gasteiger partial charge in [0.05, 0.1) is 26.3 Å². The van der Waals surface area contributed by atoms with Crippen molar-refractivity contribution in [3.63, 3.8) is 0 Å². The first kappa shape index (κ1) is 19.8. The zero-order valence-corrected chi connectivity index (χ0v) is 18.2. The normalized spacial score (nSPS) is 10.7. The van der Waals surface area contributed by atoms with Crippen LogP contribution in [0, 0.1) is 6.92 Å². The highest BCUT2D eigenvalue weighted by molar-refractivity contribution is 7.20. The van der Waals surface area contributed by atoms with Crippen LogP contribution < -0.4 is 10.6 Å². The maximum Gasteiger partial charge on any atom is 0.257 e. The molecule has 0 saturated carbocycles. The minimum atomic E-state index is -0.189. The van der Waals surface area contributed by atoms with Gasteiger partial charge < -0.3 is 5.32 Å². The molecule has 0 aliphatic heterocycles. The summed E-state index contributed by atoms with van der Waals surface area (Å²) in [6.07, 6.45) is 0. The maximum atomic E-state index is 12.3. The number of carbonyl (C=O) groups excluding carboxylic acids is 1. The Morgan fingerprint density at radius 3 is 2.55 bits per heavy atom. The minimum Gasteiger partial charge on any atom is -0.331 e. The van der Waals surface area contributed by atoms with Gasteiger partial charge in [-0.15, -0.1) is 11.3 Å². The van der Waals surface area contributed by atoms with E-state index in [4.69, 9.17) is 23.2 Å². The van der Waals surface area contributed by atoms with Crippen molar-refractivity contribution in [3.8, 4) is 10.6 Å². The van der Waals surface area contributed by atoms with Crippen molar-refractivity contribution >= 4 is 67.7 Å². The van der Waals surface area contributed by atoms with E-state index in [9.17, 15) is 4.79 Å². The number of hydrogen-bond donors (Lipinski definition) is 2. The molecule has 0 fully saturated rings. The maximum absolute atomic E-state index is 12.3. The summed E-state index contributed by atoms with van der Waals surface area (Å²) in [5.74, 6) is -0.189. The first-order chi connectivity index (χ1) is 14.0. The van der Waals surface area contributed by atoms with E-state index in [-0.39, 0.29) is 5.91 Å². The number of aryl methyl sites for hydroxylation is 1. The second-order valence-electron chi connectivity index (χ2n) is 6.05. The highest BCUT2D eigenvalue weighted by Crippen LogP contribution is 2.36. The number of carbonyl (C=O) groups is 1. The van der Waals surface area contributed by atoms with E-state index in [1.54, 1.807) is 24.3 Å². The molecule has 0 radical (unpaired) electrons. The van der Waals surface area contributed by atoms with E-state index >= 15 is 0 Å². The Hall–Kier alpha value is -2.45. The van der Waals surface area contributed by atoms with Crippen LogP contribution in [0.15, 0.2) is 53.9 Å². The van der Waals surface area contributed by atoms with Gasteiger partial charge in [-0.3, -0.25) is 10.1 Å². The van der Waals surface area contributed by atoms with Crippen molar-refractivity contribution in [2.24, 2.45) is 0 Å². The van der Waals surface area contributed by atoms with Crippen molar-refractivity contribution in [1.82, 2.24) is 9.97 Å². The number of halogens is 2. The van der Waals surface area contributed by atoms with Crippen LogP contribution in [0.25, 0.3) is 10.6 Å². The number of hydrogen-bond acceptors (Lipinski definition) is 6. The largest absolute Gasteiger partial charge is 0.331 e. The third kappa shape index (κ3) is 4.59. The van der Waals surface area contributed by atoms with Crippen LogP contribution in [0.2, 0.25) is 10.0 Å². The van der Waals surface area contributed by atoms with E-state index in [2.05, 4.69) is 20.6 Å². The number of nitrogens with one attached hydrogen (secondary N) is 2. The molecule has 146 valence electrons. The van der Waals surface area contributed by atoms with Crippen LogP contribution in [0.4, 0.5) is 16.0 Å². The van der Waals surface area contributed by atoms with E-state index in [1.807, 2.05) is 36.6 Å². The molecule has 2 N–H and O–H groups in total. The molecule has 0 bridgehead atoms. The number of aromatic nitrogens is 2. The van der Waals surface area contributed by atoms with Crippen LogP contribution >= 0.6 is 45.9 Å². The zero-order valence-electron chi connectivity index (χ0n) is 15.1. The fourth-order valence-electron chi connectivity index (χ4n) is 2.58. The van der Waals surface area contributed by atoms with Gasteiger partial charge in [-0.2, -0.15) is 0 Å². The molecule has 9 heteroatoms. The van der Waals surface area contributed by atoms with E-state index in [1.165, 1.54) is 22.7 Å². The zero-order chi connectivity index (χ0) is 20.4. The molecule has 4 aromatic rings. The van der Waals surface area contributed by atoms with Gasteiger partial charge in [-0.1, -0.05) is 52.7 Å². The number of nitrogens with zero attached hydrogens (tertiary/aromatic N) is 2. The highest BCUT2D eigenvalue weighted by atomic mass is 35.5. The molecule has 0 spiro atoms. The van der Waals surface area contributed by atoms with Crippen LogP contribution in [-0.4, -0.2) is 15.9 Å². The molecule has 1 amide bonds. The summed E-state index contributed by atoms with van der Waals surface area (Å²) in [6, 6.07) is 14.4. The third-order valence-electron chi connectivity index (χ3n) is 3.96. The second kappa shape index (κ2) is 8.51. The van der Waals surface area contributed by atoms with E-state index < -0.39 is 0 Å². The standard InChI is InChI=1S/C20H14Cl2N4OS2/c1-11-17(29-20(23-11)26-18(27)12-5-3-2-4-6-12)16-10-28-19(25-16)24-13-7-8-14(21)15(22)9-13/h2-10H,1H3,(H,24,25)(H,23,26,27). The van der Waals surface area contributed by atoms with Crippen LogP contribution in [0.1, 0.15) is 16.1 Å². The number of amides is 1. The van der Waals surface area contributed by atoms with Crippen LogP contribution in [0.3, 0.4) is 0 Å². The summed E-state index contributed by atoms with van der Waals surface area (Å²) < 4.78 is 0. The molecule has 0 atom stereocenters. The topological polar surface area (TPSA) is 66.9 Å². The molecule has 2 heterocycles. The van der Waals surface area contributed by atoms with Gasteiger partial charge in [0.25, 0.3) is 5.91 Å². The molecule has 4 rings (SSSR count). The van der Waals surface area contributed by atoms with Crippen molar-refractivity contribution in [1.29, 1.82) is 0 Å². The summed E-state index contributed by atoms with van der Waals surface area (Å²) in [7, 11) is 0. The molecular formula is C20H14Cl2N4OS2. The third-order valence-corrected chi connectivity index (χ3v) is 6.55. The Balaban J connectivity index is 1.50. The fourth-order valence-corrected chi connectivity index (χ4v) is 4.60. The predicted octanol–water partition coefficient (Wildman–Crippen LogP) is 6.88. The van der Waals surface area contributed by atoms with E-state index in [0.29, 0.717) is 20.7 Å². The Labute approximate surface area is 185 Å².